The summed E-state index contributed by atoms with van der Waals surface area (Å²) in [7, 11) is 0. The van der Waals surface area contributed by atoms with Gasteiger partial charge in [0.15, 0.2) is 11.1 Å². The molecule has 144 valence electrons. The Hall–Kier alpha value is -1.28. The molecule has 1 aliphatic heterocycles. The van der Waals surface area contributed by atoms with E-state index in [9.17, 15) is 9.00 Å². The summed E-state index contributed by atoms with van der Waals surface area (Å²) >= 11 is -1.39. The quantitative estimate of drug-likeness (QED) is 0.734. The van der Waals surface area contributed by atoms with Crippen LogP contribution in [0.5, 0.6) is 0 Å². The van der Waals surface area contributed by atoms with Gasteiger partial charge in [-0.3, -0.25) is 4.79 Å². The number of piperidine rings is 1. The van der Waals surface area contributed by atoms with Gasteiger partial charge in [0.1, 0.15) is 0 Å². The molecular formula is C19H28N2O4S. The molecule has 0 radical (unpaired) electrons. The monoisotopic (exact) mass is 380 g/mol. The number of likely N-dealkylation sites (tertiary alicyclic amines) is 1. The van der Waals surface area contributed by atoms with Crippen molar-refractivity contribution in [1.82, 2.24) is 10.4 Å². The topological polar surface area (TPSA) is 67.9 Å². The summed E-state index contributed by atoms with van der Waals surface area (Å²) in [5, 5.41) is 0. The lowest BCUT2D eigenvalue weighted by atomic mass is 9.77. The first-order valence-corrected chi connectivity index (χ1v) is 10.7. The number of nitrogens with zero attached hydrogens (tertiary/aromatic N) is 1. The summed E-state index contributed by atoms with van der Waals surface area (Å²) in [6.45, 7) is 2.79. The van der Waals surface area contributed by atoms with Crippen LogP contribution < -0.4 is 5.48 Å². The van der Waals surface area contributed by atoms with Crippen LogP contribution in [0.2, 0.25) is 0 Å². The number of rotatable bonds is 7. The van der Waals surface area contributed by atoms with Crippen LogP contribution in [-0.2, 0) is 24.9 Å². The average Bonchev–Trinajstić information content (AvgIpc) is 2.59. The third-order valence-electron chi connectivity index (χ3n) is 5.37. The second-order valence-electron chi connectivity index (χ2n) is 7.17. The maximum absolute atomic E-state index is 12.0. The number of ether oxygens (including phenoxy) is 1. The molecule has 3 rings (SSSR count). The average molecular weight is 381 g/mol. The summed E-state index contributed by atoms with van der Waals surface area (Å²) in [4.78, 5) is 13.8. The number of nitrogens with one attached hydrogen (secondary N) is 1. The van der Waals surface area contributed by atoms with Crippen LogP contribution in [0.3, 0.4) is 0 Å². The van der Waals surface area contributed by atoms with E-state index in [4.69, 9.17) is 9.02 Å². The van der Waals surface area contributed by atoms with Crippen LogP contribution in [0, 0.1) is 0 Å². The van der Waals surface area contributed by atoms with Crippen LogP contribution in [0.15, 0.2) is 30.3 Å². The Labute approximate surface area is 157 Å². The minimum atomic E-state index is -1.39. The van der Waals surface area contributed by atoms with Crippen molar-refractivity contribution < 1.29 is 18.0 Å². The highest BCUT2D eigenvalue weighted by molar-refractivity contribution is 7.79. The van der Waals surface area contributed by atoms with Crippen LogP contribution >= 0.6 is 0 Å². The van der Waals surface area contributed by atoms with Gasteiger partial charge in [0.2, 0.25) is 5.91 Å². The van der Waals surface area contributed by atoms with Gasteiger partial charge in [-0.15, -0.1) is 0 Å². The second kappa shape index (κ2) is 9.08. The van der Waals surface area contributed by atoms with Crippen LogP contribution in [0.1, 0.15) is 44.1 Å². The number of benzene rings is 1. The smallest absolute Gasteiger partial charge is 0.219 e. The molecule has 0 aromatic heterocycles. The highest BCUT2D eigenvalue weighted by Gasteiger charge is 2.36. The molecule has 1 saturated carbocycles. The van der Waals surface area contributed by atoms with Gasteiger partial charge < -0.3 is 9.64 Å². The number of carbonyl (C=O) groups is 1. The summed E-state index contributed by atoms with van der Waals surface area (Å²) in [5.41, 5.74) is 4.25. The van der Waals surface area contributed by atoms with Gasteiger partial charge in [-0.1, -0.05) is 30.3 Å². The van der Waals surface area contributed by atoms with E-state index < -0.39 is 11.1 Å². The van der Waals surface area contributed by atoms with Gasteiger partial charge in [-0.25, -0.2) is 8.49 Å². The van der Waals surface area contributed by atoms with Crippen molar-refractivity contribution in [3.63, 3.8) is 0 Å². The predicted molar refractivity (Wildman–Crippen MR) is 101 cm³/mol. The SMILES string of the molecule is CC(=O)N1CCC[C@H](NOS(C)=O)[C@@H]1CO[C@H]1C[C@@H](c2ccccc2)C1. The molecule has 1 aromatic carbocycles. The molecule has 1 heterocycles. The molecule has 2 fully saturated rings. The van der Waals surface area contributed by atoms with E-state index in [-0.39, 0.29) is 24.1 Å². The Morgan fingerprint density at radius 3 is 2.69 bits per heavy atom. The van der Waals surface area contributed by atoms with Crippen LogP contribution in [0.4, 0.5) is 0 Å². The zero-order valence-corrected chi connectivity index (χ0v) is 16.2. The van der Waals surface area contributed by atoms with E-state index in [1.807, 2.05) is 11.0 Å². The molecule has 1 amide bonds. The lowest BCUT2D eigenvalue weighted by Crippen LogP contribution is -2.58. The van der Waals surface area contributed by atoms with Crippen LogP contribution in [-0.4, -0.2) is 52.6 Å². The predicted octanol–water partition coefficient (Wildman–Crippen LogP) is 2.14. The van der Waals surface area contributed by atoms with Gasteiger partial charge in [0.05, 0.1) is 24.8 Å². The minimum absolute atomic E-state index is 0.0403. The highest BCUT2D eigenvalue weighted by Crippen LogP contribution is 2.38. The van der Waals surface area contributed by atoms with E-state index >= 15 is 0 Å². The summed E-state index contributed by atoms with van der Waals surface area (Å²) < 4.78 is 22.4. The molecule has 26 heavy (non-hydrogen) atoms. The lowest BCUT2D eigenvalue weighted by Gasteiger charge is -2.42. The van der Waals surface area contributed by atoms with E-state index in [1.165, 1.54) is 11.8 Å². The third-order valence-corrected chi connectivity index (χ3v) is 5.70. The fourth-order valence-electron chi connectivity index (χ4n) is 3.85. The molecule has 0 bridgehead atoms. The third kappa shape index (κ3) is 4.91. The molecule has 7 heteroatoms. The first-order valence-electron chi connectivity index (χ1n) is 9.24. The first kappa shape index (κ1) is 19.5. The van der Waals surface area contributed by atoms with E-state index in [1.54, 1.807) is 6.92 Å². The first-order chi connectivity index (χ1) is 12.5. The molecule has 0 spiro atoms. The number of amides is 1. The zero-order valence-electron chi connectivity index (χ0n) is 15.4. The zero-order chi connectivity index (χ0) is 18.5. The second-order valence-corrected chi connectivity index (χ2v) is 8.13. The lowest BCUT2D eigenvalue weighted by molar-refractivity contribution is -0.138. The number of hydrogen-bond donors (Lipinski definition) is 1. The Balaban J connectivity index is 1.53. The summed E-state index contributed by atoms with van der Waals surface area (Å²) in [5.74, 6) is 0.606. The van der Waals surface area contributed by atoms with Gasteiger partial charge in [-0.2, -0.15) is 5.48 Å². The van der Waals surface area contributed by atoms with Gasteiger partial charge in [-0.05, 0) is 37.2 Å². The van der Waals surface area contributed by atoms with Crippen molar-refractivity contribution in [1.29, 1.82) is 0 Å². The molecule has 1 aromatic rings. The molecular weight excluding hydrogens is 352 g/mol. The largest absolute Gasteiger partial charge is 0.376 e. The number of hydroxylamine groups is 1. The molecule has 6 nitrogen and oxygen atoms in total. The van der Waals surface area contributed by atoms with E-state index in [0.717, 1.165) is 32.2 Å². The van der Waals surface area contributed by atoms with E-state index in [2.05, 4.69) is 29.7 Å². The van der Waals surface area contributed by atoms with Crippen molar-refractivity contribution in [3.05, 3.63) is 35.9 Å². The Morgan fingerprint density at radius 1 is 1.31 bits per heavy atom. The van der Waals surface area contributed by atoms with E-state index in [0.29, 0.717) is 12.5 Å². The minimum Gasteiger partial charge on any atom is -0.376 e. The molecule has 1 N–H and O–H groups in total. The van der Waals surface area contributed by atoms with Crippen molar-refractivity contribution >= 4 is 17.0 Å². The maximum Gasteiger partial charge on any atom is 0.219 e. The number of hydrogen-bond acceptors (Lipinski definition) is 5. The molecule has 1 aliphatic carbocycles. The molecule has 1 saturated heterocycles. The molecule has 2 aliphatic rings. The fraction of sp³-hybridized carbons (Fsp3) is 0.632. The highest BCUT2D eigenvalue weighted by atomic mass is 32.2. The Bertz CT molecular complexity index is 621. The van der Waals surface area contributed by atoms with Crippen LogP contribution in [0.25, 0.3) is 0 Å². The van der Waals surface area contributed by atoms with Crippen molar-refractivity contribution in [2.24, 2.45) is 0 Å². The number of carbonyl (C=O) groups excluding carboxylic acids is 1. The Kier molecular flexibility index (Phi) is 6.80. The summed E-state index contributed by atoms with van der Waals surface area (Å²) in [6, 6.07) is 10.4. The molecule has 1 unspecified atom stereocenters. The van der Waals surface area contributed by atoms with Gasteiger partial charge in [0, 0.05) is 19.7 Å². The fourth-order valence-corrected chi connectivity index (χ4v) is 4.11. The van der Waals surface area contributed by atoms with Crippen molar-refractivity contribution in [3.8, 4) is 0 Å². The van der Waals surface area contributed by atoms with Gasteiger partial charge in [0.25, 0.3) is 0 Å². The van der Waals surface area contributed by atoms with Gasteiger partial charge >= 0.3 is 0 Å². The standard InChI is InChI=1S/C19H28N2O4S/c1-14(22)21-10-6-9-18(20-25-26(2)23)19(21)13-24-17-11-16(12-17)15-7-4-3-5-8-15/h3-5,7-8,16-20H,6,9-13H2,1-2H3/t16-,17+,18-,19-,26?/m0/s1. The Morgan fingerprint density at radius 2 is 2.04 bits per heavy atom. The van der Waals surface area contributed by atoms with Crippen molar-refractivity contribution in [2.75, 3.05) is 19.4 Å². The normalized spacial score (nSPS) is 29.8. The van der Waals surface area contributed by atoms with Crippen molar-refractivity contribution in [2.45, 2.75) is 56.7 Å². The molecule has 3 atom stereocenters. The maximum atomic E-state index is 12.0. The summed E-state index contributed by atoms with van der Waals surface area (Å²) in [6.07, 6.45) is 5.51.